The molecule has 1 aromatic carbocycles. The fourth-order valence-corrected chi connectivity index (χ4v) is 2.65. The highest BCUT2D eigenvalue weighted by Crippen LogP contribution is 2.23. The summed E-state index contributed by atoms with van der Waals surface area (Å²) in [4.78, 5) is 12.1. The molecule has 0 atom stereocenters. The molecule has 0 saturated carbocycles. The van der Waals surface area contributed by atoms with Crippen LogP contribution < -0.4 is 4.74 Å². The Hall–Kier alpha value is -1.13. The van der Waals surface area contributed by atoms with Gasteiger partial charge in [-0.25, -0.2) is 0 Å². The first kappa shape index (κ1) is 13.3. The zero-order valence-corrected chi connectivity index (χ0v) is 12.4. The normalized spacial score (nSPS) is 10.3. The second-order valence-electron chi connectivity index (χ2n) is 3.84. The SMILES string of the molecule is CCCOc1ccc(C(=O)c2csc(Br)c2)cc1. The topological polar surface area (TPSA) is 26.3 Å². The van der Waals surface area contributed by atoms with Crippen molar-refractivity contribution in [3.63, 3.8) is 0 Å². The van der Waals surface area contributed by atoms with Gasteiger partial charge in [-0.3, -0.25) is 4.79 Å². The standard InChI is InChI=1S/C14H13BrO2S/c1-2-7-17-12-5-3-10(4-6-12)14(16)11-8-13(15)18-9-11/h3-6,8-9H,2,7H2,1H3. The third-order valence-electron chi connectivity index (χ3n) is 2.42. The molecule has 0 aliphatic carbocycles. The van der Waals surface area contributed by atoms with Crippen LogP contribution in [-0.4, -0.2) is 12.4 Å². The van der Waals surface area contributed by atoms with Gasteiger partial charge in [0, 0.05) is 16.5 Å². The summed E-state index contributed by atoms with van der Waals surface area (Å²) in [5.74, 6) is 0.846. The molecule has 2 aromatic rings. The van der Waals surface area contributed by atoms with Crippen molar-refractivity contribution in [2.24, 2.45) is 0 Å². The van der Waals surface area contributed by atoms with Crippen LogP contribution in [0.4, 0.5) is 0 Å². The first-order valence-corrected chi connectivity index (χ1v) is 7.39. The first-order chi connectivity index (χ1) is 8.70. The highest BCUT2D eigenvalue weighted by atomic mass is 79.9. The molecule has 2 nitrogen and oxygen atoms in total. The maximum atomic E-state index is 12.1. The summed E-state index contributed by atoms with van der Waals surface area (Å²) in [7, 11) is 0. The molecule has 1 heterocycles. The molecular weight excluding hydrogens is 312 g/mol. The van der Waals surface area contributed by atoms with Crippen LogP contribution in [0.3, 0.4) is 0 Å². The van der Waals surface area contributed by atoms with Crippen LogP contribution in [-0.2, 0) is 0 Å². The molecule has 2 rings (SSSR count). The number of carbonyl (C=O) groups is 1. The van der Waals surface area contributed by atoms with Gasteiger partial charge in [0.05, 0.1) is 10.4 Å². The Labute approximate surface area is 119 Å². The fraction of sp³-hybridized carbons (Fsp3) is 0.214. The molecule has 0 spiro atoms. The van der Waals surface area contributed by atoms with Gasteiger partial charge in [0.15, 0.2) is 5.78 Å². The van der Waals surface area contributed by atoms with Crippen LogP contribution in [0.25, 0.3) is 0 Å². The van der Waals surface area contributed by atoms with Crippen molar-refractivity contribution < 1.29 is 9.53 Å². The predicted octanol–water partition coefficient (Wildman–Crippen LogP) is 4.53. The van der Waals surface area contributed by atoms with E-state index in [0.717, 1.165) is 16.0 Å². The van der Waals surface area contributed by atoms with E-state index in [1.54, 1.807) is 12.1 Å². The Bertz CT molecular complexity index is 531. The molecule has 1 aromatic heterocycles. The number of hydrogen-bond donors (Lipinski definition) is 0. The van der Waals surface area contributed by atoms with Crippen molar-refractivity contribution in [1.29, 1.82) is 0 Å². The lowest BCUT2D eigenvalue weighted by Crippen LogP contribution is -2.00. The van der Waals surface area contributed by atoms with Crippen LogP contribution in [0.2, 0.25) is 0 Å². The maximum absolute atomic E-state index is 12.1. The molecule has 0 bridgehead atoms. The monoisotopic (exact) mass is 324 g/mol. The van der Waals surface area contributed by atoms with Gasteiger partial charge >= 0.3 is 0 Å². The molecule has 0 radical (unpaired) electrons. The van der Waals surface area contributed by atoms with Crippen LogP contribution in [0.5, 0.6) is 5.75 Å². The van der Waals surface area contributed by atoms with Gasteiger partial charge in [-0.05, 0) is 52.7 Å². The molecule has 0 unspecified atom stereocenters. The zero-order valence-electron chi connectivity index (χ0n) is 9.98. The van der Waals surface area contributed by atoms with E-state index in [2.05, 4.69) is 22.9 Å². The predicted molar refractivity (Wildman–Crippen MR) is 77.7 cm³/mol. The summed E-state index contributed by atoms with van der Waals surface area (Å²) in [6, 6.07) is 9.13. The van der Waals surface area contributed by atoms with Gasteiger partial charge in [-0.2, -0.15) is 0 Å². The molecular formula is C14H13BrO2S. The quantitative estimate of drug-likeness (QED) is 0.755. The van der Waals surface area contributed by atoms with Crippen LogP contribution in [0.1, 0.15) is 29.3 Å². The van der Waals surface area contributed by atoms with Crippen LogP contribution in [0.15, 0.2) is 39.5 Å². The number of benzene rings is 1. The van der Waals surface area contributed by atoms with Crippen molar-refractivity contribution in [2.75, 3.05) is 6.61 Å². The van der Waals surface area contributed by atoms with Gasteiger partial charge in [0.1, 0.15) is 5.75 Å². The van der Waals surface area contributed by atoms with E-state index >= 15 is 0 Å². The summed E-state index contributed by atoms with van der Waals surface area (Å²) in [6.07, 6.45) is 0.976. The van der Waals surface area contributed by atoms with Crippen molar-refractivity contribution >= 4 is 33.0 Å². The van der Waals surface area contributed by atoms with Gasteiger partial charge in [0.25, 0.3) is 0 Å². The number of carbonyl (C=O) groups excluding carboxylic acids is 1. The first-order valence-electron chi connectivity index (χ1n) is 5.72. The van der Waals surface area contributed by atoms with E-state index < -0.39 is 0 Å². The summed E-state index contributed by atoms with van der Waals surface area (Å²) < 4.78 is 6.45. The van der Waals surface area contributed by atoms with Gasteiger partial charge in [-0.1, -0.05) is 6.92 Å². The fourth-order valence-electron chi connectivity index (χ4n) is 1.52. The van der Waals surface area contributed by atoms with Crippen molar-refractivity contribution in [1.82, 2.24) is 0 Å². The average Bonchev–Trinajstić information content (AvgIpc) is 2.83. The summed E-state index contributed by atoms with van der Waals surface area (Å²) in [5.41, 5.74) is 1.40. The molecule has 0 fully saturated rings. The van der Waals surface area contributed by atoms with Crippen LogP contribution >= 0.6 is 27.3 Å². The Kier molecular flexibility index (Phi) is 4.55. The van der Waals surface area contributed by atoms with Crippen molar-refractivity contribution in [2.45, 2.75) is 13.3 Å². The Morgan fingerprint density at radius 2 is 2.00 bits per heavy atom. The highest BCUT2D eigenvalue weighted by Gasteiger charge is 2.10. The van der Waals surface area contributed by atoms with Gasteiger partial charge in [0.2, 0.25) is 0 Å². The van der Waals surface area contributed by atoms with E-state index in [-0.39, 0.29) is 5.78 Å². The number of rotatable bonds is 5. The molecule has 0 saturated heterocycles. The minimum Gasteiger partial charge on any atom is -0.494 e. The minimum absolute atomic E-state index is 0.0407. The molecule has 18 heavy (non-hydrogen) atoms. The summed E-state index contributed by atoms with van der Waals surface area (Å²) in [6.45, 7) is 2.76. The second kappa shape index (κ2) is 6.16. The van der Waals surface area contributed by atoms with E-state index in [9.17, 15) is 4.79 Å². The lowest BCUT2D eigenvalue weighted by atomic mass is 10.1. The smallest absolute Gasteiger partial charge is 0.193 e. The van der Waals surface area contributed by atoms with Crippen molar-refractivity contribution in [3.8, 4) is 5.75 Å². The van der Waals surface area contributed by atoms with E-state index in [0.29, 0.717) is 17.7 Å². The van der Waals surface area contributed by atoms with Gasteiger partial charge < -0.3 is 4.74 Å². The third kappa shape index (κ3) is 3.21. The summed E-state index contributed by atoms with van der Waals surface area (Å²) in [5, 5.41) is 1.86. The Morgan fingerprint density at radius 3 is 2.56 bits per heavy atom. The second-order valence-corrected chi connectivity index (χ2v) is 6.13. The lowest BCUT2D eigenvalue weighted by Gasteiger charge is -2.05. The van der Waals surface area contributed by atoms with E-state index in [4.69, 9.17) is 4.74 Å². The third-order valence-corrected chi connectivity index (χ3v) is 3.92. The molecule has 4 heteroatoms. The van der Waals surface area contributed by atoms with Crippen molar-refractivity contribution in [3.05, 3.63) is 50.6 Å². The Morgan fingerprint density at radius 1 is 1.28 bits per heavy atom. The molecule has 94 valence electrons. The largest absolute Gasteiger partial charge is 0.494 e. The number of ether oxygens (including phenoxy) is 1. The zero-order chi connectivity index (χ0) is 13.0. The number of hydrogen-bond acceptors (Lipinski definition) is 3. The Balaban J connectivity index is 2.12. The molecule has 0 N–H and O–H groups in total. The van der Waals surface area contributed by atoms with Gasteiger partial charge in [-0.15, -0.1) is 11.3 Å². The van der Waals surface area contributed by atoms with E-state index in [1.807, 2.05) is 23.6 Å². The number of ketones is 1. The summed E-state index contributed by atoms with van der Waals surface area (Å²) >= 11 is 4.87. The van der Waals surface area contributed by atoms with E-state index in [1.165, 1.54) is 11.3 Å². The maximum Gasteiger partial charge on any atom is 0.193 e. The highest BCUT2D eigenvalue weighted by molar-refractivity contribution is 9.11. The number of thiophene rings is 1. The molecule has 0 aliphatic heterocycles. The average molecular weight is 325 g/mol. The minimum atomic E-state index is 0.0407. The number of halogens is 1. The lowest BCUT2D eigenvalue weighted by molar-refractivity contribution is 0.103. The molecule has 0 aliphatic rings. The van der Waals surface area contributed by atoms with Crippen LogP contribution in [0, 0.1) is 0 Å². The molecule has 0 amide bonds.